The Morgan fingerprint density at radius 3 is 2.37 bits per heavy atom. The second-order valence-corrected chi connectivity index (χ2v) is 13.7. The molecule has 9 nitrogen and oxygen atoms in total. The minimum atomic E-state index is -1.82. The lowest BCUT2D eigenvalue weighted by atomic mass is 9.41. The minimum Gasteiger partial charge on any atom is -0.455 e. The number of rotatable bonds is 3. The van der Waals surface area contributed by atoms with Crippen LogP contribution in [0.15, 0.2) is 11.1 Å². The van der Waals surface area contributed by atoms with Gasteiger partial charge in [0.2, 0.25) is 0 Å². The van der Waals surface area contributed by atoms with Gasteiger partial charge < -0.3 is 34.6 Å². The third-order valence-corrected chi connectivity index (χ3v) is 12.8. The number of fused-ring (bicyclic) bond motifs is 4. The number of ketones is 1. The number of carbonyl (C=O) groups excluding carboxylic acids is 2. The van der Waals surface area contributed by atoms with Crippen molar-refractivity contribution < 1.29 is 44.2 Å². The molecule has 4 N–H and O–H groups in total. The molecule has 212 valence electrons. The highest BCUT2D eigenvalue weighted by Crippen LogP contribution is 2.75. The first-order valence-corrected chi connectivity index (χ1v) is 14.0. The van der Waals surface area contributed by atoms with Crippen molar-refractivity contribution in [2.75, 3.05) is 7.11 Å². The molecular formula is C29H42O9. The molecule has 6 aliphatic rings. The largest absolute Gasteiger partial charge is 0.455 e. The van der Waals surface area contributed by atoms with Crippen molar-refractivity contribution in [1.29, 1.82) is 0 Å². The molecule has 0 radical (unpaired) electrons. The molecule has 2 aliphatic heterocycles. The zero-order valence-corrected chi connectivity index (χ0v) is 23.2. The molecule has 12 atom stereocenters. The molecule has 0 aromatic rings. The zero-order valence-electron chi connectivity index (χ0n) is 23.2. The van der Waals surface area contributed by atoms with E-state index in [4.69, 9.17) is 14.2 Å². The first-order chi connectivity index (χ1) is 17.6. The molecular weight excluding hydrogens is 492 g/mol. The predicted molar refractivity (Wildman–Crippen MR) is 134 cm³/mol. The Bertz CT molecular complexity index is 1130. The van der Waals surface area contributed by atoms with E-state index in [0.717, 1.165) is 5.57 Å². The Balaban J connectivity index is 1.37. The maximum Gasteiger partial charge on any atom is 0.334 e. The van der Waals surface area contributed by atoms with Crippen LogP contribution in [-0.2, 0) is 23.8 Å². The first kappa shape index (κ1) is 26.8. The van der Waals surface area contributed by atoms with Crippen LogP contribution in [0.1, 0.15) is 79.6 Å². The van der Waals surface area contributed by atoms with E-state index in [9.17, 15) is 30.0 Å². The minimum absolute atomic E-state index is 0.0222. The molecule has 0 unspecified atom stereocenters. The lowest BCUT2D eigenvalue weighted by Crippen LogP contribution is -2.74. The molecule has 5 fully saturated rings. The van der Waals surface area contributed by atoms with Crippen molar-refractivity contribution in [3.05, 3.63) is 11.1 Å². The van der Waals surface area contributed by atoms with E-state index in [-0.39, 0.29) is 36.9 Å². The van der Waals surface area contributed by atoms with Gasteiger partial charge >= 0.3 is 5.97 Å². The van der Waals surface area contributed by atoms with Gasteiger partial charge in [0, 0.05) is 30.9 Å². The predicted octanol–water partition coefficient (Wildman–Crippen LogP) is 1.57. The molecule has 1 saturated heterocycles. The van der Waals surface area contributed by atoms with Gasteiger partial charge in [-0.2, -0.15) is 0 Å². The van der Waals surface area contributed by atoms with E-state index in [1.165, 1.54) is 14.0 Å². The molecule has 0 bridgehead atoms. The summed E-state index contributed by atoms with van der Waals surface area (Å²) in [5.74, 6) is -1.15. The van der Waals surface area contributed by atoms with Gasteiger partial charge in [-0.25, -0.2) is 4.79 Å². The van der Waals surface area contributed by atoms with Gasteiger partial charge in [-0.05, 0) is 71.6 Å². The second-order valence-electron chi connectivity index (χ2n) is 13.7. The van der Waals surface area contributed by atoms with Crippen LogP contribution in [0.4, 0.5) is 0 Å². The number of aliphatic hydroxyl groups excluding tert-OH is 1. The van der Waals surface area contributed by atoms with Crippen molar-refractivity contribution >= 4 is 11.8 Å². The average Bonchev–Trinajstić information content (AvgIpc) is 3.56. The number of hydrogen-bond donors (Lipinski definition) is 4. The van der Waals surface area contributed by atoms with Crippen LogP contribution in [0.25, 0.3) is 0 Å². The van der Waals surface area contributed by atoms with E-state index in [0.29, 0.717) is 31.3 Å². The highest BCUT2D eigenvalue weighted by Gasteiger charge is 2.85. The number of hydrogen-bond acceptors (Lipinski definition) is 9. The van der Waals surface area contributed by atoms with Gasteiger partial charge in [0.15, 0.2) is 0 Å². The highest BCUT2D eigenvalue weighted by atomic mass is 16.6. The Morgan fingerprint density at radius 2 is 1.74 bits per heavy atom. The van der Waals surface area contributed by atoms with Crippen molar-refractivity contribution in [3.63, 3.8) is 0 Å². The molecule has 9 heteroatoms. The normalized spacial score (nSPS) is 55.3. The number of ether oxygens (including phenoxy) is 3. The van der Waals surface area contributed by atoms with E-state index in [1.54, 1.807) is 6.92 Å². The summed E-state index contributed by atoms with van der Waals surface area (Å²) >= 11 is 0. The summed E-state index contributed by atoms with van der Waals surface area (Å²) in [6, 6.07) is 0. The third kappa shape index (κ3) is 2.69. The van der Waals surface area contributed by atoms with Gasteiger partial charge in [0.05, 0.1) is 23.2 Å². The Morgan fingerprint density at radius 1 is 1.05 bits per heavy atom. The molecule has 38 heavy (non-hydrogen) atoms. The number of esters is 1. The fourth-order valence-electron chi connectivity index (χ4n) is 9.97. The van der Waals surface area contributed by atoms with Gasteiger partial charge in [-0.3, -0.25) is 4.79 Å². The topological polar surface area (TPSA) is 146 Å². The first-order valence-electron chi connectivity index (χ1n) is 14.0. The van der Waals surface area contributed by atoms with E-state index in [2.05, 4.69) is 0 Å². The quantitative estimate of drug-likeness (QED) is 0.313. The van der Waals surface area contributed by atoms with Gasteiger partial charge in [0.25, 0.3) is 0 Å². The van der Waals surface area contributed by atoms with Gasteiger partial charge in [0.1, 0.15) is 34.8 Å². The van der Waals surface area contributed by atoms with Crippen LogP contribution in [0.5, 0.6) is 0 Å². The molecule has 4 saturated carbocycles. The van der Waals surface area contributed by atoms with Gasteiger partial charge in [-0.15, -0.1) is 0 Å². The average molecular weight is 535 g/mol. The Kier molecular flexibility index (Phi) is 5.42. The fraction of sp³-hybridized carbons (Fsp3) is 0.862. The van der Waals surface area contributed by atoms with Crippen molar-refractivity contribution in [3.8, 4) is 0 Å². The summed E-state index contributed by atoms with van der Waals surface area (Å²) in [5, 5.41) is 48.2. The number of aliphatic hydroxyl groups is 4. The number of carbonyl (C=O) groups is 2. The summed E-state index contributed by atoms with van der Waals surface area (Å²) in [4.78, 5) is 26.2. The van der Waals surface area contributed by atoms with E-state index >= 15 is 0 Å². The number of methoxy groups -OCH3 is 1. The van der Waals surface area contributed by atoms with Crippen LogP contribution in [0, 0.1) is 22.7 Å². The summed E-state index contributed by atoms with van der Waals surface area (Å²) < 4.78 is 17.3. The summed E-state index contributed by atoms with van der Waals surface area (Å²) in [6.07, 6.45) is -0.836. The highest BCUT2D eigenvalue weighted by molar-refractivity contribution is 5.90. The van der Waals surface area contributed by atoms with Crippen LogP contribution < -0.4 is 0 Å². The monoisotopic (exact) mass is 534 g/mol. The standard InChI is InChI=1S/C29H42O9/c1-14-11-20(37-23(32)15(14)2)26(5,33)28(35)10-9-27(34)17-12-21-29(38-21)22(31)18(36-6)13-19(30)25(29,4)16(17)7-8-24(27,28)3/h16-18,20-22,31,33-35H,7-13H2,1-6H3/t16-,17+,18-,20+,21+,22-,24-,25-,26-,27+,28-,29-/m0/s1. The van der Waals surface area contributed by atoms with Crippen molar-refractivity contribution in [1.82, 2.24) is 0 Å². The summed E-state index contributed by atoms with van der Waals surface area (Å²) in [6.45, 7) is 8.75. The Hall–Kier alpha value is -1.36. The summed E-state index contributed by atoms with van der Waals surface area (Å²) in [5.41, 5.74) is -6.78. The molecule has 0 aromatic carbocycles. The molecule has 0 amide bonds. The molecule has 1 spiro atoms. The smallest absolute Gasteiger partial charge is 0.334 e. The molecule has 0 aromatic heterocycles. The van der Waals surface area contributed by atoms with Crippen LogP contribution in [0.2, 0.25) is 0 Å². The van der Waals surface area contributed by atoms with E-state index in [1.807, 2.05) is 20.8 Å². The third-order valence-electron chi connectivity index (χ3n) is 12.8. The maximum atomic E-state index is 13.7. The lowest BCUT2D eigenvalue weighted by molar-refractivity contribution is -0.284. The number of epoxide rings is 1. The van der Waals surface area contributed by atoms with Crippen molar-refractivity contribution in [2.45, 2.75) is 126 Å². The van der Waals surface area contributed by atoms with Crippen molar-refractivity contribution in [2.24, 2.45) is 22.7 Å². The number of cyclic esters (lactones) is 1. The molecule has 4 aliphatic carbocycles. The number of Topliss-reactive ketones (excluding diaryl/α,β-unsaturated/α-hetero) is 1. The lowest BCUT2D eigenvalue weighted by Gasteiger charge is -2.64. The fourth-order valence-corrected chi connectivity index (χ4v) is 9.97. The SMILES string of the molecule is CO[C@H]1CC(=O)[C@]2(C)[C@H]3CC[C@]4(C)[C@](O)([C@@](C)(O)[C@H]5CC(C)=C(C)C(=O)O5)CC[C@@]4(O)[C@@H]3C[C@H]3O[C@]32[C@H]1O. The molecule has 2 heterocycles. The summed E-state index contributed by atoms with van der Waals surface area (Å²) in [7, 11) is 1.49. The Labute approximate surface area is 223 Å². The van der Waals surface area contributed by atoms with Gasteiger partial charge in [-0.1, -0.05) is 12.5 Å². The van der Waals surface area contributed by atoms with Crippen LogP contribution in [0.3, 0.4) is 0 Å². The maximum absolute atomic E-state index is 13.7. The van der Waals surface area contributed by atoms with Crippen LogP contribution >= 0.6 is 0 Å². The van der Waals surface area contributed by atoms with Crippen LogP contribution in [-0.4, -0.2) is 86.1 Å². The van der Waals surface area contributed by atoms with E-state index < -0.39 is 63.6 Å². The second kappa shape index (κ2) is 7.68. The zero-order chi connectivity index (χ0) is 27.8. The molecule has 6 rings (SSSR count).